The summed E-state index contributed by atoms with van der Waals surface area (Å²) in [5.41, 5.74) is 1.30. The molecule has 1 aliphatic rings. The average molecular weight is 311 g/mol. The molecule has 3 rings (SSSR count). The van der Waals surface area contributed by atoms with Crippen LogP contribution < -0.4 is 0 Å². The van der Waals surface area contributed by atoms with Crippen LogP contribution in [0.3, 0.4) is 0 Å². The summed E-state index contributed by atoms with van der Waals surface area (Å²) in [6, 6.07) is 0. The lowest BCUT2D eigenvalue weighted by Gasteiger charge is -2.28. The largest absolute Gasteiger partial charge is 0.373 e. The standard InChI is InChI=1S/C15H19ClN2OS/c1-15(2,3)11(19-4)13-17-12(16)10-8-6-5-7-9(8)20-14(10)18-13/h11H,5-7H2,1-4H3. The third kappa shape index (κ3) is 2.24. The molecule has 1 unspecified atom stereocenters. The molecule has 3 nitrogen and oxygen atoms in total. The zero-order valence-corrected chi connectivity index (χ0v) is 13.9. The minimum Gasteiger partial charge on any atom is -0.373 e. The van der Waals surface area contributed by atoms with Gasteiger partial charge in [-0.15, -0.1) is 11.3 Å². The molecule has 0 radical (unpaired) electrons. The first-order valence-corrected chi connectivity index (χ1v) is 8.11. The maximum absolute atomic E-state index is 6.44. The third-order valence-corrected chi connectivity index (χ3v) is 5.25. The molecule has 0 bridgehead atoms. The normalized spacial score (nSPS) is 16.6. The molecule has 0 saturated heterocycles. The highest BCUT2D eigenvalue weighted by atomic mass is 35.5. The number of nitrogens with zero attached hydrogens (tertiary/aromatic N) is 2. The van der Waals surface area contributed by atoms with Gasteiger partial charge >= 0.3 is 0 Å². The van der Waals surface area contributed by atoms with E-state index >= 15 is 0 Å². The molecule has 2 aromatic heterocycles. The van der Waals surface area contributed by atoms with Gasteiger partial charge in [0.1, 0.15) is 16.1 Å². The fourth-order valence-electron chi connectivity index (χ4n) is 2.93. The fourth-order valence-corrected chi connectivity index (χ4v) is 4.54. The summed E-state index contributed by atoms with van der Waals surface area (Å²) in [7, 11) is 1.70. The Kier molecular flexibility index (Phi) is 3.51. The lowest BCUT2D eigenvalue weighted by atomic mass is 9.88. The maximum Gasteiger partial charge on any atom is 0.161 e. The number of rotatable bonds is 2. The monoisotopic (exact) mass is 310 g/mol. The molecule has 108 valence electrons. The minimum absolute atomic E-state index is 0.0637. The molecule has 20 heavy (non-hydrogen) atoms. The molecular formula is C15H19ClN2OS. The molecule has 0 fully saturated rings. The summed E-state index contributed by atoms with van der Waals surface area (Å²) in [4.78, 5) is 11.7. The van der Waals surface area contributed by atoms with E-state index in [0.29, 0.717) is 11.0 Å². The fraction of sp³-hybridized carbons (Fsp3) is 0.600. The van der Waals surface area contributed by atoms with Crippen LogP contribution in [0.2, 0.25) is 5.15 Å². The Morgan fingerprint density at radius 3 is 2.65 bits per heavy atom. The van der Waals surface area contributed by atoms with Gasteiger partial charge in [-0.1, -0.05) is 32.4 Å². The van der Waals surface area contributed by atoms with Crippen molar-refractivity contribution in [1.82, 2.24) is 9.97 Å². The first kappa shape index (κ1) is 14.2. The second-order valence-corrected chi connectivity index (χ2v) is 7.83. The lowest BCUT2D eigenvalue weighted by Crippen LogP contribution is -2.22. The van der Waals surface area contributed by atoms with Crippen LogP contribution in [-0.4, -0.2) is 17.1 Å². The minimum atomic E-state index is -0.152. The van der Waals surface area contributed by atoms with Crippen LogP contribution in [0.25, 0.3) is 10.2 Å². The SMILES string of the molecule is COC(c1nc(Cl)c2c3c(sc2n1)CCC3)C(C)(C)C. The average Bonchev–Trinajstić information content (AvgIpc) is 2.86. The smallest absolute Gasteiger partial charge is 0.161 e. The van der Waals surface area contributed by atoms with Gasteiger partial charge in [0.15, 0.2) is 5.82 Å². The predicted octanol–water partition coefficient (Wildman–Crippen LogP) is 4.57. The van der Waals surface area contributed by atoms with Crippen molar-refractivity contribution in [2.24, 2.45) is 5.41 Å². The number of aryl methyl sites for hydroxylation is 2. The van der Waals surface area contributed by atoms with Crippen LogP contribution in [0, 0.1) is 5.41 Å². The Morgan fingerprint density at radius 1 is 1.25 bits per heavy atom. The maximum atomic E-state index is 6.44. The first-order chi connectivity index (χ1) is 9.41. The number of methoxy groups -OCH3 is 1. The van der Waals surface area contributed by atoms with Crippen molar-refractivity contribution in [2.45, 2.75) is 46.1 Å². The van der Waals surface area contributed by atoms with Gasteiger partial charge in [0.25, 0.3) is 0 Å². The van der Waals surface area contributed by atoms with E-state index in [2.05, 4.69) is 25.8 Å². The van der Waals surface area contributed by atoms with Gasteiger partial charge in [-0.2, -0.15) is 0 Å². The second kappa shape index (κ2) is 4.93. The highest BCUT2D eigenvalue weighted by Crippen LogP contribution is 2.41. The Hall–Kier alpha value is -0.710. The molecule has 0 amide bonds. The van der Waals surface area contributed by atoms with Crippen LogP contribution in [0.4, 0.5) is 0 Å². The summed E-state index contributed by atoms with van der Waals surface area (Å²) >= 11 is 8.20. The van der Waals surface area contributed by atoms with E-state index < -0.39 is 0 Å². The van der Waals surface area contributed by atoms with Gasteiger partial charge in [-0.3, -0.25) is 0 Å². The molecule has 2 heterocycles. The van der Waals surface area contributed by atoms with Gasteiger partial charge in [-0.25, -0.2) is 9.97 Å². The van der Waals surface area contributed by atoms with Crippen LogP contribution >= 0.6 is 22.9 Å². The van der Waals surface area contributed by atoms with Gasteiger partial charge in [0.05, 0.1) is 5.39 Å². The van der Waals surface area contributed by atoms with E-state index in [4.69, 9.17) is 21.3 Å². The van der Waals surface area contributed by atoms with Crippen molar-refractivity contribution in [3.63, 3.8) is 0 Å². The summed E-state index contributed by atoms with van der Waals surface area (Å²) < 4.78 is 5.60. The van der Waals surface area contributed by atoms with Gasteiger partial charge in [0.2, 0.25) is 0 Å². The zero-order chi connectivity index (χ0) is 14.5. The van der Waals surface area contributed by atoms with Crippen LogP contribution in [0.1, 0.15) is 49.6 Å². The third-order valence-electron chi connectivity index (χ3n) is 3.79. The topological polar surface area (TPSA) is 35.0 Å². The van der Waals surface area contributed by atoms with Crippen molar-refractivity contribution >= 4 is 33.2 Å². The van der Waals surface area contributed by atoms with E-state index in [9.17, 15) is 0 Å². The molecular weight excluding hydrogens is 292 g/mol. The van der Waals surface area contributed by atoms with Gasteiger partial charge in [0, 0.05) is 12.0 Å². The molecule has 0 aliphatic heterocycles. The van der Waals surface area contributed by atoms with E-state index in [1.807, 2.05) is 0 Å². The molecule has 1 atom stereocenters. The molecule has 5 heteroatoms. The van der Waals surface area contributed by atoms with E-state index in [1.54, 1.807) is 18.4 Å². The Morgan fingerprint density at radius 2 is 2.00 bits per heavy atom. The Bertz CT molecular complexity index is 660. The van der Waals surface area contributed by atoms with Crippen LogP contribution in [0.15, 0.2) is 0 Å². The Labute approximate surface area is 128 Å². The van der Waals surface area contributed by atoms with Crippen LogP contribution in [0.5, 0.6) is 0 Å². The van der Waals surface area contributed by atoms with E-state index in [1.165, 1.54) is 16.9 Å². The molecule has 0 N–H and O–H groups in total. The summed E-state index contributed by atoms with van der Waals surface area (Å²) in [6.45, 7) is 6.37. The van der Waals surface area contributed by atoms with Crippen molar-refractivity contribution in [3.8, 4) is 0 Å². The quantitative estimate of drug-likeness (QED) is 0.762. The van der Waals surface area contributed by atoms with Crippen molar-refractivity contribution < 1.29 is 4.74 Å². The van der Waals surface area contributed by atoms with Crippen molar-refractivity contribution in [2.75, 3.05) is 7.11 Å². The summed E-state index contributed by atoms with van der Waals surface area (Å²) in [6.07, 6.45) is 3.32. The second-order valence-electron chi connectivity index (χ2n) is 6.39. The van der Waals surface area contributed by atoms with Crippen molar-refractivity contribution in [1.29, 1.82) is 0 Å². The molecule has 0 spiro atoms. The summed E-state index contributed by atoms with van der Waals surface area (Å²) in [5.74, 6) is 0.692. The molecule has 1 aliphatic carbocycles. The van der Waals surface area contributed by atoms with Crippen molar-refractivity contribution in [3.05, 3.63) is 21.4 Å². The number of ether oxygens (including phenoxy) is 1. The van der Waals surface area contributed by atoms with Gasteiger partial charge in [-0.05, 0) is 30.2 Å². The van der Waals surface area contributed by atoms with Gasteiger partial charge < -0.3 is 4.74 Å². The lowest BCUT2D eigenvalue weighted by molar-refractivity contribution is 0.00895. The highest BCUT2D eigenvalue weighted by Gasteiger charge is 2.30. The first-order valence-electron chi connectivity index (χ1n) is 6.92. The number of halogens is 1. The van der Waals surface area contributed by atoms with E-state index in [0.717, 1.165) is 23.1 Å². The number of thiophene rings is 1. The number of fused-ring (bicyclic) bond motifs is 3. The predicted molar refractivity (Wildman–Crippen MR) is 83.7 cm³/mol. The zero-order valence-electron chi connectivity index (χ0n) is 12.3. The molecule has 0 aromatic carbocycles. The van der Waals surface area contributed by atoms with E-state index in [-0.39, 0.29) is 11.5 Å². The molecule has 2 aromatic rings. The Balaban J connectivity index is 2.15. The number of hydrogen-bond acceptors (Lipinski definition) is 4. The summed E-state index contributed by atoms with van der Waals surface area (Å²) in [5, 5.41) is 1.65. The number of hydrogen-bond donors (Lipinski definition) is 0. The highest BCUT2D eigenvalue weighted by molar-refractivity contribution is 7.19. The number of aromatic nitrogens is 2. The van der Waals surface area contributed by atoms with Crippen LogP contribution in [-0.2, 0) is 17.6 Å². The molecule has 0 saturated carbocycles.